The van der Waals surface area contributed by atoms with Crippen molar-refractivity contribution in [2.45, 2.75) is 37.8 Å². The van der Waals surface area contributed by atoms with Gasteiger partial charge in [0.1, 0.15) is 23.4 Å². The second kappa shape index (κ2) is 7.16. The van der Waals surface area contributed by atoms with E-state index in [0.717, 1.165) is 59.1 Å². The fourth-order valence-electron chi connectivity index (χ4n) is 5.82. The van der Waals surface area contributed by atoms with E-state index in [4.69, 9.17) is 22.1 Å². The first-order valence-electron chi connectivity index (χ1n) is 11.7. The molecule has 34 heavy (non-hydrogen) atoms. The Bertz CT molecular complexity index is 1470. The standard InChI is InChI=1S/C24H24ClN7O2/c25-18-14-2-1-7-27-21(14)30-19(18)16-15-10-31(23(33)13-3-8-34-9-4-13)11-24(5-6-24)32(15)22-17(16)20(26)28-12-29-22/h1-2,7,12-13H,3-6,8-11H2,(H,27,30)(H2,26,28,29). The van der Waals surface area contributed by atoms with Crippen LogP contribution in [-0.4, -0.2) is 55.1 Å². The summed E-state index contributed by atoms with van der Waals surface area (Å²) in [5, 5.41) is 2.20. The van der Waals surface area contributed by atoms with Gasteiger partial charge in [0.25, 0.3) is 0 Å². The highest BCUT2D eigenvalue weighted by molar-refractivity contribution is 6.38. The Morgan fingerprint density at radius 3 is 2.82 bits per heavy atom. The van der Waals surface area contributed by atoms with Crippen LogP contribution in [0.5, 0.6) is 0 Å². The molecule has 1 amide bonds. The molecule has 0 radical (unpaired) electrons. The van der Waals surface area contributed by atoms with E-state index in [1.54, 1.807) is 6.20 Å². The molecule has 0 unspecified atom stereocenters. The average molecular weight is 478 g/mol. The van der Waals surface area contributed by atoms with Gasteiger partial charge in [0, 0.05) is 48.5 Å². The summed E-state index contributed by atoms with van der Waals surface area (Å²) in [5.41, 5.74) is 10.4. The molecule has 1 saturated carbocycles. The van der Waals surface area contributed by atoms with Gasteiger partial charge in [-0.05, 0) is 37.8 Å². The lowest BCUT2D eigenvalue weighted by atomic mass is 9.97. The van der Waals surface area contributed by atoms with E-state index < -0.39 is 0 Å². The highest BCUT2D eigenvalue weighted by atomic mass is 35.5. The predicted octanol–water partition coefficient (Wildman–Crippen LogP) is 3.47. The molecule has 174 valence electrons. The lowest BCUT2D eigenvalue weighted by Crippen LogP contribution is -2.48. The summed E-state index contributed by atoms with van der Waals surface area (Å²) in [6, 6.07) is 3.81. The summed E-state index contributed by atoms with van der Waals surface area (Å²) in [7, 11) is 0. The summed E-state index contributed by atoms with van der Waals surface area (Å²) >= 11 is 6.89. The molecule has 6 heterocycles. The Labute approximate surface area is 200 Å². The maximum atomic E-state index is 13.6. The van der Waals surface area contributed by atoms with Crippen molar-refractivity contribution in [1.82, 2.24) is 29.4 Å². The average Bonchev–Trinajstić information content (AvgIpc) is 3.42. The molecule has 0 aromatic carbocycles. The minimum Gasteiger partial charge on any atom is -0.383 e. The van der Waals surface area contributed by atoms with E-state index in [9.17, 15) is 4.79 Å². The van der Waals surface area contributed by atoms with Gasteiger partial charge in [-0.25, -0.2) is 15.0 Å². The monoisotopic (exact) mass is 477 g/mol. The van der Waals surface area contributed by atoms with E-state index in [2.05, 4.69) is 24.5 Å². The van der Waals surface area contributed by atoms with E-state index in [-0.39, 0.29) is 17.4 Å². The Morgan fingerprint density at radius 1 is 1.24 bits per heavy atom. The zero-order valence-electron chi connectivity index (χ0n) is 18.6. The van der Waals surface area contributed by atoms with Gasteiger partial charge in [0.05, 0.1) is 28.2 Å². The number of hydrogen-bond donors (Lipinski definition) is 2. The fourth-order valence-corrected chi connectivity index (χ4v) is 6.12. The van der Waals surface area contributed by atoms with Gasteiger partial charge in [0.15, 0.2) is 0 Å². The number of anilines is 1. The number of ether oxygens (including phenoxy) is 1. The zero-order valence-corrected chi connectivity index (χ0v) is 19.3. The molecular formula is C24H24ClN7O2. The van der Waals surface area contributed by atoms with E-state index >= 15 is 0 Å². The van der Waals surface area contributed by atoms with E-state index in [1.807, 2.05) is 17.0 Å². The van der Waals surface area contributed by atoms with Crippen LogP contribution in [-0.2, 0) is 21.6 Å². The van der Waals surface area contributed by atoms with Crippen LogP contribution in [0.25, 0.3) is 33.3 Å². The van der Waals surface area contributed by atoms with Gasteiger partial charge in [-0.2, -0.15) is 0 Å². The molecule has 10 heteroatoms. The van der Waals surface area contributed by atoms with Crippen LogP contribution in [0, 0.1) is 5.92 Å². The number of nitrogens with zero attached hydrogens (tertiary/aromatic N) is 5. The Kier molecular flexibility index (Phi) is 4.26. The third kappa shape index (κ3) is 2.77. The van der Waals surface area contributed by atoms with Crippen molar-refractivity contribution in [3.63, 3.8) is 0 Å². The lowest BCUT2D eigenvalue weighted by Gasteiger charge is -2.38. The minimum absolute atomic E-state index is 0.00894. The molecule has 4 aromatic heterocycles. The van der Waals surface area contributed by atoms with Gasteiger partial charge >= 0.3 is 0 Å². The van der Waals surface area contributed by atoms with E-state index in [0.29, 0.717) is 42.8 Å². The number of nitrogens with two attached hydrogens (primary N) is 1. The van der Waals surface area contributed by atoms with Crippen molar-refractivity contribution in [2.75, 3.05) is 25.5 Å². The number of hydrogen-bond acceptors (Lipinski definition) is 6. The largest absolute Gasteiger partial charge is 0.383 e. The zero-order chi connectivity index (χ0) is 23.0. The van der Waals surface area contributed by atoms with Crippen LogP contribution < -0.4 is 5.73 Å². The molecule has 1 aliphatic carbocycles. The van der Waals surface area contributed by atoms with Crippen LogP contribution in [0.3, 0.4) is 0 Å². The number of pyridine rings is 1. The van der Waals surface area contributed by atoms with Crippen LogP contribution in [0.4, 0.5) is 5.82 Å². The number of H-pyrrole nitrogens is 1. The van der Waals surface area contributed by atoms with Crippen LogP contribution in [0.1, 0.15) is 31.4 Å². The molecular weight excluding hydrogens is 454 g/mol. The Balaban J connectivity index is 1.45. The maximum absolute atomic E-state index is 13.6. The van der Waals surface area contributed by atoms with Crippen LogP contribution >= 0.6 is 11.6 Å². The first-order chi connectivity index (χ1) is 16.6. The maximum Gasteiger partial charge on any atom is 0.226 e. The highest BCUT2D eigenvalue weighted by Crippen LogP contribution is 2.53. The van der Waals surface area contributed by atoms with Gasteiger partial charge in [0.2, 0.25) is 5.91 Å². The molecule has 0 bridgehead atoms. The number of carbonyl (C=O) groups excluding carboxylic acids is 1. The molecule has 3 aliphatic rings. The summed E-state index contributed by atoms with van der Waals surface area (Å²) in [5.74, 6) is 0.623. The van der Waals surface area contributed by atoms with Crippen molar-refractivity contribution in [2.24, 2.45) is 5.92 Å². The summed E-state index contributed by atoms with van der Waals surface area (Å²) in [6.45, 7) is 2.45. The number of amides is 1. The number of aromatic amines is 1. The highest BCUT2D eigenvalue weighted by Gasteiger charge is 2.53. The Hall–Kier alpha value is -3.17. The number of nitrogens with one attached hydrogen (secondary N) is 1. The summed E-state index contributed by atoms with van der Waals surface area (Å²) < 4.78 is 7.79. The number of halogens is 1. The quantitative estimate of drug-likeness (QED) is 0.457. The second-order valence-electron chi connectivity index (χ2n) is 9.63. The number of carbonyl (C=O) groups is 1. The molecule has 1 saturated heterocycles. The molecule has 0 atom stereocenters. The topological polar surface area (TPSA) is 115 Å². The second-order valence-corrected chi connectivity index (χ2v) is 10.0. The van der Waals surface area contributed by atoms with Gasteiger partial charge in [-0.3, -0.25) is 4.79 Å². The summed E-state index contributed by atoms with van der Waals surface area (Å²) in [4.78, 5) is 32.4. The third-order valence-corrected chi connectivity index (χ3v) is 8.04. The van der Waals surface area contributed by atoms with E-state index in [1.165, 1.54) is 6.33 Å². The number of nitrogen functional groups attached to an aromatic ring is 1. The number of fused-ring (bicyclic) bond motifs is 5. The smallest absolute Gasteiger partial charge is 0.226 e. The first-order valence-corrected chi connectivity index (χ1v) is 12.1. The van der Waals surface area contributed by atoms with Crippen LogP contribution in [0.2, 0.25) is 5.02 Å². The molecule has 1 spiro atoms. The molecule has 9 nitrogen and oxygen atoms in total. The van der Waals surface area contributed by atoms with Crippen molar-refractivity contribution < 1.29 is 9.53 Å². The summed E-state index contributed by atoms with van der Waals surface area (Å²) in [6.07, 6.45) is 6.78. The van der Waals surface area contributed by atoms with Crippen molar-refractivity contribution in [3.8, 4) is 11.3 Å². The molecule has 4 aromatic rings. The minimum atomic E-state index is -0.164. The van der Waals surface area contributed by atoms with Gasteiger partial charge in [-0.1, -0.05) is 11.6 Å². The Morgan fingerprint density at radius 2 is 2.06 bits per heavy atom. The molecule has 2 aliphatic heterocycles. The molecule has 7 rings (SSSR count). The first kappa shape index (κ1) is 20.2. The third-order valence-electron chi connectivity index (χ3n) is 7.64. The SMILES string of the molecule is Nc1ncnc2c1c(-c1[nH]c3ncccc3c1Cl)c1n2C2(CC2)CN(C(=O)C2CCOCC2)C1. The normalized spacial score (nSPS) is 19.7. The molecule has 2 fully saturated rings. The number of aromatic nitrogens is 5. The van der Waals surface area contributed by atoms with Gasteiger partial charge in [-0.15, -0.1) is 0 Å². The van der Waals surface area contributed by atoms with Crippen LogP contribution in [0.15, 0.2) is 24.7 Å². The van der Waals surface area contributed by atoms with Crippen molar-refractivity contribution in [3.05, 3.63) is 35.4 Å². The fraction of sp³-hybridized carbons (Fsp3) is 0.417. The van der Waals surface area contributed by atoms with Crippen molar-refractivity contribution in [1.29, 1.82) is 0 Å². The van der Waals surface area contributed by atoms with Gasteiger partial charge < -0.3 is 24.9 Å². The predicted molar refractivity (Wildman–Crippen MR) is 128 cm³/mol. The van der Waals surface area contributed by atoms with Crippen molar-refractivity contribution >= 4 is 45.4 Å². The number of rotatable bonds is 2. The lowest BCUT2D eigenvalue weighted by molar-refractivity contribution is -0.140. The molecule has 3 N–H and O–H groups in total.